The Labute approximate surface area is 140 Å². The van der Waals surface area contributed by atoms with E-state index in [0.717, 1.165) is 3.79 Å². The standard InChI is InChI=1S/C15H14BrN3O2S/c1-2-7-17-15(21)19-12-5-3-11(4-6-12)18-14(20)10-8-13(16)22-9-10/h2-6,8-9H,1,7H2,(H,18,20)(H2,17,19,21). The van der Waals surface area contributed by atoms with Crippen LogP contribution in [-0.2, 0) is 0 Å². The molecule has 7 heteroatoms. The maximum Gasteiger partial charge on any atom is 0.319 e. The molecule has 0 aliphatic heterocycles. The van der Waals surface area contributed by atoms with E-state index < -0.39 is 0 Å². The molecule has 5 nitrogen and oxygen atoms in total. The highest BCUT2D eigenvalue weighted by Crippen LogP contribution is 2.22. The molecular formula is C15H14BrN3O2S. The lowest BCUT2D eigenvalue weighted by Gasteiger charge is -2.08. The van der Waals surface area contributed by atoms with E-state index in [4.69, 9.17) is 0 Å². The Hall–Kier alpha value is -2.12. The van der Waals surface area contributed by atoms with E-state index in [1.54, 1.807) is 41.8 Å². The molecule has 0 atom stereocenters. The minimum atomic E-state index is -0.306. The van der Waals surface area contributed by atoms with Crippen molar-refractivity contribution in [1.82, 2.24) is 5.32 Å². The van der Waals surface area contributed by atoms with E-state index in [0.29, 0.717) is 23.5 Å². The number of halogens is 1. The normalized spacial score (nSPS) is 9.86. The van der Waals surface area contributed by atoms with Gasteiger partial charge in [-0.1, -0.05) is 6.08 Å². The van der Waals surface area contributed by atoms with E-state index in [2.05, 4.69) is 38.5 Å². The van der Waals surface area contributed by atoms with Crippen molar-refractivity contribution in [3.05, 3.63) is 57.7 Å². The van der Waals surface area contributed by atoms with Crippen molar-refractivity contribution in [3.63, 3.8) is 0 Å². The molecular weight excluding hydrogens is 366 g/mol. The van der Waals surface area contributed by atoms with Crippen LogP contribution in [0.5, 0.6) is 0 Å². The summed E-state index contributed by atoms with van der Waals surface area (Å²) in [5.74, 6) is -0.175. The second-order valence-electron chi connectivity index (χ2n) is 4.29. The first kappa shape index (κ1) is 16.3. The summed E-state index contributed by atoms with van der Waals surface area (Å²) >= 11 is 4.78. The van der Waals surface area contributed by atoms with Gasteiger partial charge in [0.1, 0.15) is 0 Å². The fraction of sp³-hybridized carbons (Fsp3) is 0.0667. The molecule has 0 spiro atoms. The molecule has 0 bridgehead atoms. The predicted molar refractivity (Wildman–Crippen MR) is 93.6 cm³/mol. The van der Waals surface area contributed by atoms with Crippen LogP contribution in [0.15, 0.2) is 52.2 Å². The first-order valence-corrected chi connectivity index (χ1v) is 8.07. The van der Waals surface area contributed by atoms with E-state index in [1.807, 2.05) is 0 Å². The van der Waals surface area contributed by atoms with Crippen molar-refractivity contribution in [2.45, 2.75) is 0 Å². The molecule has 0 aliphatic rings. The molecule has 0 unspecified atom stereocenters. The van der Waals surface area contributed by atoms with E-state index in [-0.39, 0.29) is 11.9 Å². The molecule has 1 aromatic heterocycles. The topological polar surface area (TPSA) is 70.2 Å². The van der Waals surface area contributed by atoms with Gasteiger partial charge in [0.15, 0.2) is 0 Å². The van der Waals surface area contributed by atoms with Crippen LogP contribution in [0.3, 0.4) is 0 Å². The average Bonchev–Trinajstić information content (AvgIpc) is 2.94. The van der Waals surface area contributed by atoms with Crippen LogP contribution in [0, 0.1) is 0 Å². The van der Waals surface area contributed by atoms with Gasteiger partial charge >= 0.3 is 6.03 Å². The number of hydrogen-bond donors (Lipinski definition) is 3. The van der Waals surface area contributed by atoms with Gasteiger partial charge in [-0.15, -0.1) is 17.9 Å². The van der Waals surface area contributed by atoms with Gasteiger partial charge in [0.25, 0.3) is 5.91 Å². The minimum absolute atomic E-state index is 0.175. The zero-order valence-corrected chi connectivity index (χ0v) is 14.0. The quantitative estimate of drug-likeness (QED) is 0.685. The zero-order valence-electron chi connectivity index (χ0n) is 11.6. The third-order valence-electron chi connectivity index (χ3n) is 2.64. The summed E-state index contributed by atoms with van der Waals surface area (Å²) in [7, 11) is 0. The molecule has 0 radical (unpaired) electrons. The molecule has 0 fully saturated rings. The highest BCUT2D eigenvalue weighted by molar-refractivity contribution is 9.11. The minimum Gasteiger partial charge on any atom is -0.334 e. The van der Waals surface area contributed by atoms with Crippen LogP contribution in [0.1, 0.15) is 10.4 Å². The van der Waals surface area contributed by atoms with Gasteiger partial charge in [-0.25, -0.2) is 4.79 Å². The van der Waals surface area contributed by atoms with Gasteiger partial charge in [0.2, 0.25) is 0 Å². The number of thiophene rings is 1. The number of carbonyl (C=O) groups excluding carboxylic acids is 2. The zero-order chi connectivity index (χ0) is 15.9. The Bertz CT molecular complexity index is 682. The predicted octanol–water partition coefficient (Wildman–Crippen LogP) is 4.07. The average molecular weight is 380 g/mol. The molecule has 2 rings (SSSR count). The Balaban J connectivity index is 1.93. The Morgan fingerprint density at radius 2 is 1.82 bits per heavy atom. The van der Waals surface area contributed by atoms with Crippen molar-refractivity contribution in [2.75, 3.05) is 17.2 Å². The van der Waals surface area contributed by atoms with Crippen molar-refractivity contribution in [3.8, 4) is 0 Å². The third-order valence-corrected chi connectivity index (χ3v) is 4.14. The van der Waals surface area contributed by atoms with Gasteiger partial charge < -0.3 is 16.0 Å². The van der Waals surface area contributed by atoms with Crippen LogP contribution < -0.4 is 16.0 Å². The number of urea groups is 1. The summed E-state index contributed by atoms with van der Waals surface area (Å²) in [4.78, 5) is 23.5. The summed E-state index contributed by atoms with van der Waals surface area (Å²) in [5.41, 5.74) is 1.89. The molecule has 114 valence electrons. The molecule has 3 amide bonds. The van der Waals surface area contributed by atoms with Gasteiger partial charge in [-0.2, -0.15) is 0 Å². The smallest absolute Gasteiger partial charge is 0.319 e. The maximum atomic E-state index is 12.0. The van der Waals surface area contributed by atoms with Crippen LogP contribution in [0.25, 0.3) is 0 Å². The first-order chi connectivity index (χ1) is 10.6. The number of benzene rings is 1. The Morgan fingerprint density at radius 3 is 2.36 bits per heavy atom. The van der Waals surface area contributed by atoms with Crippen LogP contribution in [0.2, 0.25) is 0 Å². The number of hydrogen-bond acceptors (Lipinski definition) is 3. The largest absolute Gasteiger partial charge is 0.334 e. The molecule has 0 saturated carbocycles. The first-order valence-electron chi connectivity index (χ1n) is 6.39. The van der Waals surface area contributed by atoms with Gasteiger partial charge in [0.05, 0.1) is 9.35 Å². The molecule has 1 aromatic carbocycles. The van der Waals surface area contributed by atoms with E-state index in [1.165, 1.54) is 11.3 Å². The van der Waals surface area contributed by atoms with Crippen molar-refractivity contribution in [2.24, 2.45) is 0 Å². The van der Waals surface area contributed by atoms with Gasteiger partial charge in [-0.3, -0.25) is 4.79 Å². The number of nitrogens with one attached hydrogen (secondary N) is 3. The van der Waals surface area contributed by atoms with Gasteiger partial charge in [0, 0.05) is 23.3 Å². The van der Waals surface area contributed by atoms with Crippen molar-refractivity contribution < 1.29 is 9.59 Å². The summed E-state index contributed by atoms with van der Waals surface area (Å²) in [6.45, 7) is 3.92. The monoisotopic (exact) mass is 379 g/mol. The molecule has 0 saturated heterocycles. The number of rotatable bonds is 5. The van der Waals surface area contributed by atoms with Crippen LogP contribution in [-0.4, -0.2) is 18.5 Å². The number of anilines is 2. The second-order valence-corrected chi connectivity index (χ2v) is 6.59. The number of carbonyl (C=O) groups is 2. The lowest BCUT2D eigenvalue weighted by Crippen LogP contribution is -2.28. The summed E-state index contributed by atoms with van der Waals surface area (Å²) in [5, 5.41) is 9.86. The van der Waals surface area contributed by atoms with Crippen molar-refractivity contribution in [1.29, 1.82) is 0 Å². The number of amides is 3. The molecule has 3 N–H and O–H groups in total. The second kappa shape index (κ2) is 7.77. The van der Waals surface area contributed by atoms with Crippen LogP contribution in [0.4, 0.5) is 16.2 Å². The Kier molecular flexibility index (Phi) is 5.74. The summed E-state index contributed by atoms with van der Waals surface area (Å²) in [6, 6.07) is 8.34. The van der Waals surface area contributed by atoms with E-state index >= 15 is 0 Å². The molecule has 2 aromatic rings. The SMILES string of the molecule is C=CCNC(=O)Nc1ccc(NC(=O)c2csc(Br)c2)cc1. The fourth-order valence-electron chi connectivity index (χ4n) is 1.61. The highest BCUT2D eigenvalue weighted by atomic mass is 79.9. The van der Waals surface area contributed by atoms with E-state index in [9.17, 15) is 9.59 Å². The lowest BCUT2D eigenvalue weighted by molar-refractivity contribution is 0.102. The Morgan fingerprint density at radius 1 is 1.18 bits per heavy atom. The summed E-state index contributed by atoms with van der Waals surface area (Å²) < 4.78 is 0.905. The molecule has 22 heavy (non-hydrogen) atoms. The molecule has 0 aliphatic carbocycles. The third kappa shape index (κ3) is 4.71. The fourth-order valence-corrected chi connectivity index (χ4v) is 2.75. The summed E-state index contributed by atoms with van der Waals surface area (Å²) in [6.07, 6.45) is 1.60. The van der Waals surface area contributed by atoms with Crippen LogP contribution >= 0.6 is 27.3 Å². The highest BCUT2D eigenvalue weighted by Gasteiger charge is 2.08. The van der Waals surface area contributed by atoms with Gasteiger partial charge in [-0.05, 0) is 46.3 Å². The van der Waals surface area contributed by atoms with Crippen molar-refractivity contribution >= 4 is 50.6 Å². The maximum absolute atomic E-state index is 12.0. The molecule has 1 heterocycles. The lowest BCUT2D eigenvalue weighted by atomic mass is 10.2.